The van der Waals surface area contributed by atoms with E-state index in [0.717, 1.165) is 5.56 Å². The first kappa shape index (κ1) is 24.5. The fraction of sp³-hybridized carbons (Fsp3) is 0.423. The van der Waals surface area contributed by atoms with E-state index in [1.54, 1.807) is 38.1 Å². The van der Waals surface area contributed by atoms with Crippen molar-refractivity contribution in [1.82, 2.24) is 0 Å². The minimum atomic E-state index is -1.67. The molecule has 2 aromatic rings. The molecule has 176 valence electrons. The number of benzene rings is 2. The van der Waals surface area contributed by atoms with Gasteiger partial charge in [-0.25, -0.2) is 0 Å². The average molecular weight is 455 g/mol. The van der Waals surface area contributed by atoms with Crippen LogP contribution < -0.4 is 4.74 Å². The van der Waals surface area contributed by atoms with Gasteiger partial charge in [0.1, 0.15) is 18.3 Å². The molecule has 3 rings (SSSR count). The Kier molecular flexibility index (Phi) is 7.87. The Labute approximate surface area is 193 Å². The maximum atomic E-state index is 12.9. The Morgan fingerprint density at radius 1 is 0.970 bits per heavy atom. The zero-order valence-electron chi connectivity index (χ0n) is 19.2. The van der Waals surface area contributed by atoms with Crippen LogP contribution in [-0.4, -0.2) is 41.6 Å². The smallest absolute Gasteiger partial charge is 0.317 e. The highest BCUT2D eigenvalue weighted by Crippen LogP contribution is 2.47. The lowest BCUT2D eigenvalue weighted by Gasteiger charge is -2.43. The molecule has 7 nitrogen and oxygen atoms in total. The summed E-state index contributed by atoms with van der Waals surface area (Å²) in [7, 11) is 0. The molecule has 0 bridgehead atoms. The summed E-state index contributed by atoms with van der Waals surface area (Å²) >= 11 is 0. The van der Waals surface area contributed by atoms with Gasteiger partial charge in [0.2, 0.25) is 0 Å². The summed E-state index contributed by atoms with van der Waals surface area (Å²) in [4.78, 5) is 38.6. The highest BCUT2D eigenvalue weighted by Gasteiger charge is 2.57. The van der Waals surface area contributed by atoms with Gasteiger partial charge in [-0.1, -0.05) is 42.5 Å². The van der Waals surface area contributed by atoms with Crippen molar-refractivity contribution in [1.29, 1.82) is 0 Å². The summed E-state index contributed by atoms with van der Waals surface area (Å²) in [5, 5.41) is 11.0. The van der Waals surface area contributed by atoms with Gasteiger partial charge < -0.3 is 19.3 Å². The van der Waals surface area contributed by atoms with Gasteiger partial charge in [-0.15, -0.1) is 0 Å². The van der Waals surface area contributed by atoms with Crippen LogP contribution in [0.1, 0.15) is 44.2 Å². The average Bonchev–Trinajstić information content (AvgIpc) is 2.78. The van der Waals surface area contributed by atoms with Gasteiger partial charge in [0.25, 0.3) is 0 Å². The molecule has 7 heteroatoms. The molecule has 2 aromatic carbocycles. The van der Waals surface area contributed by atoms with Crippen LogP contribution >= 0.6 is 0 Å². The maximum Gasteiger partial charge on any atom is 0.317 e. The molecule has 0 heterocycles. The molecule has 33 heavy (non-hydrogen) atoms. The number of ketones is 1. The number of ether oxygens (including phenoxy) is 3. The first-order chi connectivity index (χ1) is 15.8. The Bertz CT molecular complexity index is 966. The van der Waals surface area contributed by atoms with Crippen molar-refractivity contribution in [2.24, 2.45) is 11.8 Å². The molecule has 0 radical (unpaired) electrons. The molecule has 1 saturated carbocycles. The third-order valence-corrected chi connectivity index (χ3v) is 5.86. The van der Waals surface area contributed by atoms with E-state index in [0.29, 0.717) is 17.9 Å². The van der Waals surface area contributed by atoms with Crippen LogP contribution in [0.5, 0.6) is 5.75 Å². The zero-order chi connectivity index (χ0) is 24.0. The Morgan fingerprint density at radius 2 is 1.58 bits per heavy atom. The summed E-state index contributed by atoms with van der Waals surface area (Å²) in [6, 6.07) is 16.6. The lowest BCUT2D eigenvalue weighted by molar-refractivity contribution is -0.172. The third-order valence-electron chi connectivity index (χ3n) is 5.86. The van der Waals surface area contributed by atoms with E-state index in [-0.39, 0.29) is 19.6 Å². The number of hydrogen-bond donors (Lipinski definition) is 1. The van der Waals surface area contributed by atoms with Crippen molar-refractivity contribution in [3.05, 3.63) is 65.7 Å². The van der Waals surface area contributed by atoms with Crippen molar-refractivity contribution in [3.63, 3.8) is 0 Å². The molecule has 1 N–H and O–H groups in total. The molecule has 0 spiro atoms. The van der Waals surface area contributed by atoms with Crippen molar-refractivity contribution in [2.45, 2.75) is 45.3 Å². The number of aliphatic hydroxyl groups is 1. The summed E-state index contributed by atoms with van der Waals surface area (Å²) in [6.07, 6.45) is -0.339. The van der Waals surface area contributed by atoms with E-state index >= 15 is 0 Å². The van der Waals surface area contributed by atoms with Crippen LogP contribution in [0.25, 0.3) is 0 Å². The number of esters is 2. The lowest BCUT2D eigenvalue weighted by Crippen LogP contribution is -2.55. The fourth-order valence-corrected chi connectivity index (χ4v) is 4.41. The zero-order valence-corrected chi connectivity index (χ0v) is 19.2. The molecule has 0 saturated heterocycles. The highest BCUT2D eigenvalue weighted by molar-refractivity contribution is 6.02. The SMILES string of the molecule is CCOC(=O)[C@H]1C(=O)C[C@](C)(O)[C@@H](C(=O)OCC)[C@@H]1c1ccc(OCc2ccccc2)cc1. The molecule has 0 aliphatic heterocycles. The fourth-order valence-electron chi connectivity index (χ4n) is 4.41. The maximum absolute atomic E-state index is 12.9. The third kappa shape index (κ3) is 5.60. The largest absolute Gasteiger partial charge is 0.489 e. The predicted molar refractivity (Wildman–Crippen MR) is 120 cm³/mol. The molecule has 1 aliphatic rings. The minimum Gasteiger partial charge on any atom is -0.489 e. The first-order valence-electron chi connectivity index (χ1n) is 11.1. The monoisotopic (exact) mass is 454 g/mol. The number of Topliss-reactive ketones (excluding diaryl/α,β-unsaturated/α-hetero) is 1. The molecule has 0 unspecified atom stereocenters. The van der Waals surface area contributed by atoms with Crippen molar-refractivity contribution in [3.8, 4) is 5.75 Å². The van der Waals surface area contributed by atoms with Gasteiger partial charge in [0.15, 0.2) is 5.78 Å². The van der Waals surface area contributed by atoms with E-state index in [4.69, 9.17) is 14.2 Å². The molecule has 1 aliphatic carbocycles. The van der Waals surface area contributed by atoms with Gasteiger partial charge in [-0.3, -0.25) is 14.4 Å². The summed E-state index contributed by atoms with van der Waals surface area (Å²) in [5.74, 6) is -4.48. The van der Waals surface area contributed by atoms with E-state index in [9.17, 15) is 19.5 Å². The van der Waals surface area contributed by atoms with Crippen LogP contribution in [0.2, 0.25) is 0 Å². The van der Waals surface area contributed by atoms with Crippen molar-refractivity contribution >= 4 is 17.7 Å². The van der Waals surface area contributed by atoms with E-state index in [2.05, 4.69) is 0 Å². The van der Waals surface area contributed by atoms with Crippen LogP contribution in [-0.2, 0) is 30.5 Å². The van der Waals surface area contributed by atoms with Gasteiger partial charge in [-0.2, -0.15) is 0 Å². The topological polar surface area (TPSA) is 99.1 Å². The first-order valence-corrected chi connectivity index (χ1v) is 11.1. The van der Waals surface area contributed by atoms with Crippen LogP contribution in [0, 0.1) is 11.8 Å². The second kappa shape index (κ2) is 10.6. The molecule has 0 aromatic heterocycles. The molecular formula is C26H30O7. The molecule has 0 amide bonds. The normalized spacial score (nSPS) is 24.7. The predicted octanol–water partition coefficient (Wildman–Crippen LogP) is 3.43. The quantitative estimate of drug-likeness (QED) is 0.482. The minimum absolute atomic E-state index is 0.0993. The van der Waals surface area contributed by atoms with Crippen LogP contribution in [0.4, 0.5) is 0 Å². The molecule has 1 fully saturated rings. The Balaban J connectivity index is 1.94. The van der Waals surface area contributed by atoms with Gasteiger partial charge in [0, 0.05) is 12.3 Å². The van der Waals surface area contributed by atoms with Gasteiger partial charge in [0.05, 0.1) is 24.7 Å². The number of carbonyl (C=O) groups excluding carboxylic acids is 3. The van der Waals surface area contributed by atoms with E-state index in [1.807, 2.05) is 30.3 Å². The van der Waals surface area contributed by atoms with Crippen LogP contribution in [0.15, 0.2) is 54.6 Å². The lowest BCUT2D eigenvalue weighted by atomic mass is 9.61. The van der Waals surface area contributed by atoms with Gasteiger partial charge >= 0.3 is 11.9 Å². The standard InChI is InChI=1S/C26H30O7/c1-4-31-24(28)22-20(27)15-26(3,30)23(25(29)32-5-2)21(22)18-11-13-19(14-12-18)33-16-17-9-7-6-8-10-17/h6-14,21-23,30H,4-5,15-16H2,1-3H3/t21-,22+,23-,26+/m1/s1. The second-order valence-corrected chi connectivity index (χ2v) is 8.33. The second-order valence-electron chi connectivity index (χ2n) is 8.33. The van der Waals surface area contributed by atoms with E-state index in [1.165, 1.54) is 6.92 Å². The Hall–Kier alpha value is -3.19. The molecule has 4 atom stereocenters. The summed E-state index contributed by atoms with van der Waals surface area (Å²) in [5.41, 5.74) is -0.105. The highest BCUT2D eigenvalue weighted by atomic mass is 16.5. The summed E-state index contributed by atoms with van der Waals surface area (Å²) < 4.78 is 16.2. The Morgan fingerprint density at radius 3 is 2.18 bits per heavy atom. The number of carbonyl (C=O) groups is 3. The number of rotatable bonds is 8. The van der Waals surface area contributed by atoms with Gasteiger partial charge in [-0.05, 0) is 44.0 Å². The van der Waals surface area contributed by atoms with Crippen molar-refractivity contribution in [2.75, 3.05) is 13.2 Å². The summed E-state index contributed by atoms with van der Waals surface area (Å²) in [6.45, 7) is 5.34. The molecular weight excluding hydrogens is 424 g/mol. The van der Waals surface area contributed by atoms with Crippen molar-refractivity contribution < 1.29 is 33.7 Å². The van der Waals surface area contributed by atoms with E-state index < -0.39 is 41.1 Å². The van der Waals surface area contributed by atoms with Crippen LogP contribution in [0.3, 0.4) is 0 Å². The number of hydrogen-bond acceptors (Lipinski definition) is 7.